The van der Waals surface area contributed by atoms with E-state index in [1.165, 1.54) is 33.6 Å². The molecule has 7 heteroatoms. The first-order chi connectivity index (χ1) is 20.5. The highest BCUT2D eigenvalue weighted by Crippen LogP contribution is 2.61. The zero-order valence-corrected chi connectivity index (χ0v) is 24.0. The average Bonchev–Trinajstić information content (AvgIpc) is 3.50. The lowest BCUT2D eigenvalue weighted by atomic mass is 9.52. The second-order valence-corrected chi connectivity index (χ2v) is 12.2. The number of aromatic nitrogens is 2. The van der Waals surface area contributed by atoms with Crippen molar-refractivity contribution in [2.75, 3.05) is 11.9 Å². The van der Waals surface area contributed by atoms with Gasteiger partial charge in [-0.05, 0) is 71.8 Å². The minimum Gasteiger partial charge on any atom is -0.352 e. The van der Waals surface area contributed by atoms with Gasteiger partial charge in [0.1, 0.15) is 0 Å². The Morgan fingerprint density at radius 1 is 0.905 bits per heavy atom. The highest BCUT2D eigenvalue weighted by atomic mass is 32.1. The lowest BCUT2D eigenvalue weighted by Gasteiger charge is -2.50. The SMILES string of the molecule is CC1(C(=O)Nc2nc(-c3cccc(C(=O)NCCc4ccncc4)c3)cs2)CC2c3ccccc3C1c1ccccc12. The van der Waals surface area contributed by atoms with Crippen LogP contribution < -0.4 is 10.6 Å². The number of anilines is 1. The first-order valence-electron chi connectivity index (χ1n) is 14.2. The van der Waals surface area contributed by atoms with Gasteiger partial charge in [-0.2, -0.15) is 0 Å². The molecule has 0 aliphatic heterocycles. The van der Waals surface area contributed by atoms with Gasteiger partial charge in [0, 0.05) is 47.3 Å². The number of rotatable bonds is 7. The van der Waals surface area contributed by atoms with Crippen molar-refractivity contribution < 1.29 is 9.59 Å². The Kier molecular flexibility index (Phi) is 6.67. The van der Waals surface area contributed by atoms with Gasteiger partial charge in [-0.3, -0.25) is 14.6 Å². The van der Waals surface area contributed by atoms with Gasteiger partial charge >= 0.3 is 0 Å². The number of benzene rings is 3. The van der Waals surface area contributed by atoms with Crippen molar-refractivity contribution >= 4 is 28.3 Å². The molecule has 3 aromatic carbocycles. The molecule has 6 nitrogen and oxygen atoms in total. The fraction of sp³-hybridized carbons (Fsp3) is 0.200. The standard InChI is InChI=1S/C35H30N4O2S/c1-35(20-29-25-9-2-4-11-27(25)31(35)28-12-5-3-10-26(28)29)33(41)39-34-38-30(21-42-34)23-7-6-8-24(19-23)32(40)37-18-15-22-13-16-36-17-14-22/h2-14,16-17,19,21,29,31H,15,18,20H2,1H3,(H,37,40)(H,38,39,41). The molecule has 8 rings (SSSR count). The van der Waals surface area contributed by atoms with E-state index in [-0.39, 0.29) is 23.7 Å². The van der Waals surface area contributed by atoms with Crippen LogP contribution in [0.3, 0.4) is 0 Å². The van der Waals surface area contributed by atoms with Gasteiger partial charge in [-0.1, -0.05) is 60.7 Å². The van der Waals surface area contributed by atoms with Crippen LogP contribution in [-0.4, -0.2) is 28.3 Å². The fourth-order valence-corrected chi connectivity index (χ4v) is 7.40. The molecule has 0 saturated carbocycles. The van der Waals surface area contributed by atoms with Crippen LogP contribution >= 0.6 is 11.3 Å². The number of nitrogens with zero attached hydrogens (tertiary/aromatic N) is 2. The van der Waals surface area contributed by atoms with E-state index in [1.54, 1.807) is 18.5 Å². The summed E-state index contributed by atoms with van der Waals surface area (Å²) in [5.74, 6) is 0.0481. The molecule has 2 bridgehead atoms. The maximum atomic E-state index is 14.0. The van der Waals surface area contributed by atoms with Crippen molar-refractivity contribution in [3.8, 4) is 11.3 Å². The minimum absolute atomic E-state index is 0.00951. The summed E-state index contributed by atoms with van der Waals surface area (Å²) in [5.41, 5.74) is 7.83. The zero-order valence-electron chi connectivity index (χ0n) is 23.2. The predicted octanol–water partition coefficient (Wildman–Crippen LogP) is 6.80. The molecule has 0 spiro atoms. The Labute approximate surface area is 248 Å². The molecule has 2 heterocycles. The van der Waals surface area contributed by atoms with Crippen LogP contribution in [0.1, 0.15) is 63.4 Å². The number of nitrogens with one attached hydrogen (secondary N) is 2. The highest BCUT2D eigenvalue weighted by Gasteiger charge is 2.54. The number of amides is 2. The maximum absolute atomic E-state index is 14.0. The lowest BCUT2D eigenvalue weighted by Crippen LogP contribution is -2.47. The second-order valence-electron chi connectivity index (χ2n) is 11.3. The molecule has 0 radical (unpaired) electrons. The molecule has 3 aliphatic rings. The third-order valence-corrected chi connectivity index (χ3v) is 9.50. The summed E-state index contributed by atoms with van der Waals surface area (Å²) in [5, 5.41) is 8.63. The molecular formula is C35H30N4O2S. The molecule has 3 aliphatic carbocycles. The van der Waals surface area contributed by atoms with E-state index in [4.69, 9.17) is 4.98 Å². The van der Waals surface area contributed by atoms with Gasteiger partial charge < -0.3 is 10.6 Å². The molecule has 2 aromatic heterocycles. The molecule has 0 fully saturated rings. The van der Waals surface area contributed by atoms with Crippen molar-refractivity contribution in [1.82, 2.24) is 15.3 Å². The Bertz CT molecular complexity index is 1750. The summed E-state index contributed by atoms with van der Waals surface area (Å²) >= 11 is 1.40. The van der Waals surface area contributed by atoms with Crippen LogP contribution in [0.15, 0.2) is 103 Å². The Morgan fingerprint density at radius 3 is 2.31 bits per heavy atom. The third kappa shape index (κ3) is 4.60. The van der Waals surface area contributed by atoms with Crippen LogP contribution in [0, 0.1) is 5.41 Å². The van der Waals surface area contributed by atoms with Crippen LogP contribution in [0.2, 0.25) is 0 Å². The zero-order chi connectivity index (χ0) is 28.7. The normalized spacial score (nSPS) is 19.9. The molecule has 2 amide bonds. The van der Waals surface area contributed by atoms with Crippen LogP contribution in [0.4, 0.5) is 5.13 Å². The van der Waals surface area contributed by atoms with Crippen LogP contribution in [0.5, 0.6) is 0 Å². The molecule has 1 unspecified atom stereocenters. The fourth-order valence-electron chi connectivity index (χ4n) is 6.68. The van der Waals surface area contributed by atoms with Gasteiger partial charge in [0.05, 0.1) is 11.1 Å². The molecule has 2 N–H and O–H groups in total. The molecule has 1 atom stereocenters. The van der Waals surface area contributed by atoms with Crippen LogP contribution in [0.25, 0.3) is 11.3 Å². The molecule has 42 heavy (non-hydrogen) atoms. The van der Waals surface area contributed by atoms with E-state index in [9.17, 15) is 9.59 Å². The lowest BCUT2D eigenvalue weighted by molar-refractivity contribution is -0.126. The highest BCUT2D eigenvalue weighted by molar-refractivity contribution is 7.14. The van der Waals surface area contributed by atoms with Gasteiger partial charge in [0.2, 0.25) is 5.91 Å². The number of carbonyl (C=O) groups excluding carboxylic acids is 2. The largest absolute Gasteiger partial charge is 0.352 e. The third-order valence-electron chi connectivity index (χ3n) is 8.74. The quantitative estimate of drug-likeness (QED) is 0.225. The van der Waals surface area contributed by atoms with Gasteiger partial charge in [-0.15, -0.1) is 11.3 Å². The number of hydrogen-bond acceptors (Lipinski definition) is 5. The van der Waals surface area contributed by atoms with Crippen molar-refractivity contribution in [3.05, 3.63) is 136 Å². The molecule has 5 aromatic rings. The Morgan fingerprint density at radius 2 is 1.60 bits per heavy atom. The Balaban J connectivity index is 1.07. The molecule has 208 valence electrons. The summed E-state index contributed by atoms with van der Waals surface area (Å²) in [4.78, 5) is 35.6. The second kappa shape index (κ2) is 10.7. The van der Waals surface area contributed by atoms with E-state index >= 15 is 0 Å². The predicted molar refractivity (Wildman–Crippen MR) is 166 cm³/mol. The summed E-state index contributed by atoms with van der Waals surface area (Å²) < 4.78 is 0. The summed E-state index contributed by atoms with van der Waals surface area (Å²) in [7, 11) is 0. The van der Waals surface area contributed by atoms with Gasteiger partial charge in [0.25, 0.3) is 5.91 Å². The number of thiazole rings is 1. The molecule has 0 saturated heterocycles. The number of fused-ring (bicyclic) bond motifs is 1. The first kappa shape index (κ1) is 26.3. The van der Waals surface area contributed by atoms with E-state index in [1.807, 2.05) is 35.7 Å². The minimum atomic E-state index is -0.604. The maximum Gasteiger partial charge on any atom is 0.251 e. The van der Waals surface area contributed by atoms with Crippen molar-refractivity contribution in [2.24, 2.45) is 5.41 Å². The average molecular weight is 571 g/mol. The summed E-state index contributed by atoms with van der Waals surface area (Å²) in [6.45, 7) is 2.63. The van der Waals surface area contributed by atoms with Crippen molar-refractivity contribution in [3.63, 3.8) is 0 Å². The monoisotopic (exact) mass is 570 g/mol. The van der Waals surface area contributed by atoms with Crippen molar-refractivity contribution in [1.29, 1.82) is 0 Å². The van der Waals surface area contributed by atoms with Crippen LogP contribution in [-0.2, 0) is 11.2 Å². The topological polar surface area (TPSA) is 84.0 Å². The molecular weight excluding hydrogens is 540 g/mol. The summed E-state index contributed by atoms with van der Waals surface area (Å²) in [6.07, 6.45) is 5.00. The van der Waals surface area contributed by atoms with Crippen molar-refractivity contribution in [2.45, 2.75) is 31.6 Å². The van der Waals surface area contributed by atoms with E-state index in [2.05, 4.69) is 71.1 Å². The van der Waals surface area contributed by atoms with Gasteiger partial charge in [0.15, 0.2) is 5.13 Å². The number of carbonyl (C=O) groups is 2. The van der Waals surface area contributed by atoms with E-state index in [0.717, 1.165) is 29.7 Å². The van der Waals surface area contributed by atoms with E-state index in [0.29, 0.717) is 17.2 Å². The number of pyridine rings is 1. The summed E-state index contributed by atoms with van der Waals surface area (Å²) in [6, 6.07) is 28.4. The Hall–Kier alpha value is -4.62. The first-order valence-corrected chi connectivity index (χ1v) is 15.1. The smallest absolute Gasteiger partial charge is 0.251 e. The van der Waals surface area contributed by atoms with Gasteiger partial charge in [-0.25, -0.2) is 4.98 Å². The number of hydrogen-bond donors (Lipinski definition) is 2. The van der Waals surface area contributed by atoms with E-state index < -0.39 is 5.41 Å².